The molecule has 9 heteroatoms. The van der Waals surface area contributed by atoms with Crippen molar-refractivity contribution < 1.29 is 21.9 Å². The van der Waals surface area contributed by atoms with Crippen molar-refractivity contribution in [1.82, 2.24) is 4.57 Å². The van der Waals surface area contributed by atoms with Gasteiger partial charge in [-0.3, -0.25) is 4.72 Å². The van der Waals surface area contributed by atoms with Crippen LogP contribution in [0.1, 0.15) is 44.6 Å². The molecule has 2 aliphatic rings. The summed E-state index contributed by atoms with van der Waals surface area (Å²) in [5, 5.41) is 0.486. The summed E-state index contributed by atoms with van der Waals surface area (Å²) in [6, 6.07) is 12.2. The summed E-state index contributed by atoms with van der Waals surface area (Å²) in [5.41, 5.74) is 10.1. The van der Waals surface area contributed by atoms with Crippen molar-refractivity contribution in [3.8, 4) is 17.0 Å². The van der Waals surface area contributed by atoms with Gasteiger partial charge in [0.25, 0.3) is 0 Å². The third-order valence-corrected chi connectivity index (χ3v) is 8.18. The van der Waals surface area contributed by atoms with Gasteiger partial charge in [-0.15, -0.1) is 0 Å². The van der Waals surface area contributed by atoms with Gasteiger partial charge in [0.1, 0.15) is 5.75 Å². The lowest BCUT2D eigenvalue weighted by Gasteiger charge is -2.19. The number of nitrogens with zero attached hydrogens (tertiary/aromatic N) is 1. The second-order valence-corrected chi connectivity index (χ2v) is 10.5. The number of aromatic nitrogens is 1. The summed E-state index contributed by atoms with van der Waals surface area (Å²) >= 11 is 0. The zero-order valence-corrected chi connectivity index (χ0v) is 18.2. The number of sulfonamides is 1. The van der Waals surface area contributed by atoms with Crippen LogP contribution < -0.4 is 15.2 Å². The van der Waals surface area contributed by atoms with Crippen LogP contribution in [0.25, 0.3) is 22.2 Å². The monoisotopic (exact) mass is 461 g/mol. The molecular formula is C23H25F2N3O3S. The van der Waals surface area contributed by atoms with Crippen molar-refractivity contribution in [1.29, 1.82) is 0 Å². The zero-order chi connectivity index (χ0) is 22.5. The van der Waals surface area contributed by atoms with E-state index in [-0.39, 0.29) is 17.0 Å². The average Bonchev–Trinajstić information content (AvgIpc) is 3.41. The lowest BCUT2D eigenvalue weighted by atomic mass is 10.1. The summed E-state index contributed by atoms with van der Waals surface area (Å²) in [4.78, 5) is 0. The average molecular weight is 462 g/mol. The number of nitrogens with one attached hydrogen (secondary N) is 1. The number of ether oxygens (including phenoxy) is 1. The Kier molecular flexibility index (Phi) is 5.23. The molecule has 0 bridgehead atoms. The largest absolute Gasteiger partial charge is 0.435 e. The fourth-order valence-corrected chi connectivity index (χ4v) is 6.04. The van der Waals surface area contributed by atoms with E-state index in [0.717, 1.165) is 47.8 Å². The molecule has 2 fully saturated rings. The molecular weight excluding hydrogens is 436 g/mol. The summed E-state index contributed by atoms with van der Waals surface area (Å²) in [5.74, 6) is 0.0978. The first-order valence-corrected chi connectivity index (χ1v) is 12.4. The number of alkyl halides is 2. The molecule has 3 aromatic rings. The number of anilines is 2. The smallest absolute Gasteiger partial charge is 0.387 e. The number of rotatable bonds is 7. The van der Waals surface area contributed by atoms with Gasteiger partial charge in [-0.1, -0.05) is 25.0 Å². The van der Waals surface area contributed by atoms with E-state index in [1.54, 1.807) is 24.3 Å². The van der Waals surface area contributed by atoms with E-state index in [2.05, 4.69) is 14.0 Å². The predicted molar refractivity (Wildman–Crippen MR) is 121 cm³/mol. The van der Waals surface area contributed by atoms with Crippen LogP contribution in [0.3, 0.4) is 0 Å². The molecule has 3 N–H and O–H groups in total. The minimum atomic E-state index is -3.34. The number of hydrogen-bond donors (Lipinski definition) is 2. The molecule has 2 aromatic carbocycles. The van der Waals surface area contributed by atoms with Crippen molar-refractivity contribution in [2.75, 3.05) is 10.5 Å². The Labute approximate surface area is 185 Å². The third kappa shape index (κ3) is 3.90. The number of nitrogens with two attached hydrogens (primary N) is 1. The highest BCUT2D eigenvalue weighted by molar-refractivity contribution is 7.93. The van der Waals surface area contributed by atoms with E-state index in [4.69, 9.17) is 5.73 Å². The van der Waals surface area contributed by atoms with Gasteiger partial charge in [0.2, 0.25) is 10.0 Å². The topological polar surface area (TPSA) is 86.4 Å². The first-order valence-electron chi connectivity index (χ1n) is 10.8. The maximum atomic E-state index is 12.8. The normalized spacial score (nSPS) is 17.3. The van der Waals surface area contributed by atoms with Gasteiger partial charge in [-0.2, -0.15) is 8.78 Å². The fourth-order valence-electron chi connectivity index (χ4n) is 4.65. The SMILES string of the molecule is Nc1c(-c2ccc(NS(=O)(=O)C3CC3)cc2)n(C2CCCC2)c2cc(OC(F)F)ccc12. The van der Waals surface area contributed by atoms with E-state index >= 15 is 0 Å². The van der Waals surface area contributed by atoms with E-state index in [1.807, 2.05) is 12.1 Å². The Morgan fingerprint density at radius 2 is 1.72 bits per heavy atom. The summed E-state index contributed by atoms with van der Waals surface area (Å²) in [6.45, 7) is -2.90. The minimum absolute atomic E-state index is 0.0978. The van der Waals surface area contributed by atoms with Crippen LogP contribution in [0.4, 0.5) is 20.2 Å². The Balaban J connectivity index is 1.58. The van der Waals surface area contributed by atoms with Gasteiger partial charge in [-0.05, 0) is 49.9 Å². The maximum Gasteiger partial charge on any atom is 0.387 e. The van der Waals surface area contributed by atoms with E-state index < -0.39 is 16.6 Å². The number of nitrogen functional groups attached to an aromatic ring is 1. The van der Waals surface area contributed by atoms with Crippen molar-refractivity contribution in [2.24, 2.45) is 0 Å². The van der Waals surface area contributed by atoms with Gasteiger partial charge in [0, 0.05) is 28.7 Å². The number of hydrogen-bond acceptors (Lipinski definition) is 4. The molecule has 0 unspecified atom stereocenters. The molecule has 0 saturated heterocycles. The Morgan fingerprint density at radius 3 is 2.34 bits per heavy atom. The Bertz CT molecular complexity index is 1250. The lowest BCUT2D eigenvalue weighted by Crippen LogP contribution is -2.17. The first-order chi connectivity index (χ1) is 15.3. The number of halogens is 2. The maximum absolute atomic E-state index is 12.8. The standard InChI is InChI=1S/C23H25F2N3O3S/c24-23(25)31-17-9-12-19-20(13-17)28(16-3-1-2-4-16)22(21(19)26)14-5-7-15(8-6-14)27-32(29,30)18-10-11-18/h5-9,12-13,16,18,23,27H,1-4,10-11,26H2. The molecule has 2 saturated carbocycles. The first kappa shape index (κ1) is 21.1. The molecule has 1 aromatic heterocycles. The Morgan fingerprint density at radius 1 is 1.03 bits per heavy atom. The molecule has 1 heterocycles. The van der Waals surface area contributed by atoms with Crippen LogP contribution in [-0.2, 0) is 10.0 Å². The molecule has 6 nitrogen and oxygen atoms in total. The quantitative estimate of drug-likeness (QED) is 0.486. The van der Waals surface area contributed by atoms with Gasteiger partial charge < -0.3 is 15.0 Å². The van der Waals surface area contributed by atoms with Crippen molar-refractivity contribution in [3.63, 3.8) is 0 Å². The molecule has 5 rings (SSSR count). The van der Waals surface area contributed by atoms with Crippen molar-refractivity contribution in [2.45, 2.75) is 56.4 Å². The van der Waals surface area contributed by atoms with Crippen LogP contribution in [0.5, 0.6) is 5.75 Å². The summed E-state index contributed by atoms with van der Waals surface area (Å²) < 4.78 is 59.4. The van der Waals surface area contributed by atoms with Gasteiger partial charge >= 0.3 is 6.61 Å². The van der Waals surface area contributed by atoms with Gasteiger partial charge in [0.05, 0.1) is 22.1 Å². The molecule has 0 amide bonds. The fraction of sp³-hybridized carbons (Fsp3) is 0.391. The molecule has 0 aliphatic heterocycles. The minimum Gasteiger partial charge on any atom is -0.435 e. The predicted octanol–water partition coefficient (Wildman–Crippen LogP) is 5.51. The summed E-state index contributed by atoms with van der Waals surface area (Å²) in [7, 11) is -3.34. The Hall–Kier alpha value is -2.81. The van der Waals surface area contributed by atoms with E-state index in [1.165, 1.54) is 6.07 Å². The van der Waals surface area contributed by atoms with Crippen LogP contribution in [0.15, 0.2) is 42.5 Å². The molecule has 0 spiro atoms. The van der Waals surface area contributed by atoms with Crippen LogP contribution in [0, 0.1) is 0 Å². The highest BCUT2D eigenvalue weighted by Crippen LogP contribution is 2.44. The van der Waals surface area contributed by atoms with Gasteiger partial charge in [0.15, 0.2) is 0 Å². The lowest BCUT2D eigenvalue weighted by molar-refractivity contribution is -0.0497. The van der Waals surface area contributed by atoms with Crippen LogP contribution >= 0.6 is 0 Å². The van der Waals surface area contributed by atoms with Gasteiger partial charge in [-0.25, -0.2) is 8.42 Å². The number of benzene rings is 2. The van der Waals surface area contributed by atoms with Crippen molar-refractivity contribution >= 4 is 32.3 Å². The zero-order valence-electron chi connectivity index (χ0n) is 17.4. The van der Waals surface area contributed by atoms with Crippen LogP contribution in [-0.4, -0.2) is 24.8 Å². The van der Waals surface area contributed by atoms with E-state index in [0.29, 0.717) is 24.2 Å². The molecule has 32 heavy (non-hydrogen) atoms. The molecule has 170 valence electrons. The highest BCUT2D eigenvalue weighted by atomic mass is 32.2. The number of fused-ring (bicyclic) bond motifs is 1. The molecule has 0 radical (unpaired) electrons. The molecule has 2 aliphatic carbocycles. The highest BCUT2D eigenvalue weighted by Gasteiger charge is 2.35. The van der Waals surface area contributed by atoms with Crippen LogP contribution in [0.2, 0.25) is 0 Å². The molecule has 0 atom stereocenters. The second kappa shape index (κ2) is 7.95. The second-order valence-electron chi connectivity index (χ2n) is 8.55. The summed E-state index contributed by atoms with van der Waals surface area (Å²) in [6.07, 6.45) is 5.55. The van der Waals surface area contributed by atoms with E-state index in [9.17, 15) is 17.2 Å². The third-order valence-electron chi connectivity index (χ3n) is 6.31. The van der Waals surface area contributed by atoms with Crippen molar-refractivity contribution in [3.05, 3.63) is 42.5 Å².